The highest BCUT2D eigenvalue weighted by atomic mass is 32.1. The Morgan fingerprint density at radius 1 is 1.14 bits per heavy atom. The lowest BCUT2D eigenvalue weighted by Crippen LogP contribution is -2.09. The molecule has 0 fully saturated rings. The predicted molar refractivity (Wildman–Crippen MR) is 87.1 cm³/mol. The van der Waals surface area contributed by atoms with Crippen LogP contribution < -0.4 is 15.2 Å². The molecule has 4 nitrogen and oxygen atoms in total. The monoisotopic (exact) mass is 304 g/mol. The summed E-state index contributed by atoms with van der Waals surface area (Å²) in [5, 5.41) is 0.608. The van der Waals surface area contributed by atoms with E-state index >= 15 is 0 Å². The zero-order valence-corrected chi connectivity index (χ0v) is 13.3. The zero-order chi connectivity index (χ0) is 15.2. The van der Waals surface area contributed by atoms with Gasteiger partial charge in [-0.15, -0.1) is 0 Å². The first-order valence-electron chi connectivity index (χ1n) is 6.87. The molecule has 0 amide bonds. The predicted octanol–water partition coefficient (Wildman–Crippen LogP) is 4.08. The van der Waals surface area contributed by atoms with Crippen LogP contribution in [0.3, 0.4) is 0 Å². The minimum Gasteiger partial charge on any atom is -0.491 e. The van der Waals surface area contributed by atoms with Crippen molar-refractivity contribution in [3.8, 4) is 16.7 Å². The molecule has 1 heterocycles. The number of nitrogens with two attached hydrogens (primary N) is 1. The lowest BCUT2D eigenvalue weighted by atomic mass is 10.3. The number of hydrogen-bond acceptors (Lipinski definition) is 5. The molecule has 0 spiro atoms. The van der Waals surface area contributed by atoms with E-state index in [0.717, 1.165) is 16.4 Å². The van der Waals surface area contributed by atoms with Crippen LogP contribution in [0.1, 0.15) is 25.6 Å². The maximum absolute atomic E-state index is 5.71. The number of nitrogens with zero attached hydrogens (tertiary/aromatic N) is 1. The first kappa shape index (κ1) is 15.5. The van der Waals surface area contributed by atoms with Crippen LogP contribution >= 0.6 is 11.3 Å². The maximum atomic E-state index is 5.71. The second-order valence-corrected chi connectivity index (χ2v) is 6.01. The standard InChI is InChI=1S/C16H20N2O2S/c1-11(2)19-13-5-7-14(8-6-13)20-16-18-10-15(21-16)9-4-12(3)17/h4-12H,17H2,1-3H3/t12-/m0/s1. The maximum Gasteiger partial charge on any atom is 0.279 e. The largest absolute Gasteiger partial charge is 0.491 e. The lowest BCUT2D eigenvalue weighted by Gasteiger charge is -2.09. The number of ether oxygens (including phenoxy) is 2. The highest BCUT2D eigenvalue weighted by Crippen LogP contribution is 2.28. The Morgan fingerprint density at radius 2 is 1.81 bits per heavy atom. The number of benzene rings is 1. The fourth-order valence-corrected chi connectivity index (χ4v) is 2.30. The van der Waals surface area contributed by atoms with Gasteiger partial charge in [0.05, 0.1) is 11.0 Å². The lowest BCUT2D eigenvalue weighted by molar-refractivity contribution is 0.242. The third-order valence-corrected chi connectivity index (χ3v) is 3.31. The van der Waals surface area contributed by atoms with Crippen molar-refractivity contribution in [1.82, 2.24) is 4.98 Å². The molecule has 1 atom stereocenters. The fourth-order valence-electron chi connectivity index (χ4n) is 1.60. The van der Waals surface area contributed by atoms with Crippen molar-refractivity contribution in [1.29, 1.82) is 0 Å². The summed E-state index contributed by atoms with van der Waals surface area (Å²) < 4.78 is 11.3. The van der Waals surface area contributed by atoms with Crippen LogP contribution in [0.25, 0.3) is 6.08 Å². The molecule has 0 aliphatic carbocycles. The summed E-state index contributed by atoms with van der Waals surface area (Å²) in [5.74, 6) is 1.57. The van der Waals surface area contributed by atoms with Gasteiger partial charge in [-0.1, -0.05) is 17.4 Å². The highest BCUT2D eigenvalue weighted by molar-refractivity contribution is 7.14. The molecule has 0 aliphatic heterocycles. The van der Waals surface area contributed by atoms with Crippen LogP contribution in [0, 0.1) is 0 Å². The van der Waals surface area contributed by atoms with Gasteiger partial charge in [0.25, 0.3) is 5.19 Å². The molecular weight excluding hydrogens is 284 g/mol. The zero-order valence-electron chi connectivity index (χ0n) is 12.4. The van der Waals surface area contributed by atoms with Crippen LogP contribution in [0.5, 0.6) is 16.7 Å². The highest BCUT2D eigenvalue weighted by Gasteiger charge is 2.04. The molecule has 2 rings (SSSR count). The SMILES string of the molecule is CC(C)Oc1ccc(Oc2ncc(C=C[C@H](C)N)s2)cc1. The molecule has 112 valence electrons. The number of thiazole rings is 1. The van der Waals surface area contributed by atoms with E-state index in [1.165, 1.54) is 11.3 Å². The fraction of sp³-hybridized carbons (Fsp3) is 0.312. The van der Waals surface area contributed by atoms with E-state index in [-0.39, 0.29) is 12.1 Å². The van der Waals surface area contributed by atoms with E-state index in [1.54, 1.807) is 6.20 Å². The summed E-state index contributed by atoms with van der Waals surface area (Å²) in [6, 6.07) is 7.55. The molecule has 1 aromatic heterocycles. The van der Waals surface area contributed by atoms with Crippen molar-refractivity contribution in [2.45, 2.75) is 32.9 Å². The van der Waals surface area contributed by atoms with Gasteiger partial charge in [-0.25, -0.2) is 4.98 Å². The molecule has 5 heteroatoms. The smallest absolute Gasteiger partial charge is 0.279 e. The summed E-state index contributed by atoms with van der Waals surface area (Å²) >= 11 is 1.48. The summed E-state index contributed by atoms with van der Waals surface area (Å²) in [7, 11) is 0. The van der Waals surface area contributed by atoms with Gasteiger partial charge in [-0.2, -0.15) is 0 Å². The molecule has 0 aliphatic rings. The Morgan fingerprint density at radius 3 is 2.43 bits per heavy atom. The Hall–Kier alpha value is -1.85. The number of rotatable bonds is 6. The molecule has 0 unspecified atom stereocenters. The van der Waals surface area contributed by atoms with Crippen molar-refractivity contribution in [3.05, 3.63) is 41.4 Å². The first-order chi connectivity index (χ1) is 10.0. The van der Waals surface area contributed by atoms with E-state index in [2.05, 4.69) is 4.98 Å². The summed E-state index contributed by atoms with van der Waals surface area (Å²) in [6.45, 7) is 5.92. The van der Waals surface area contributed by atoms with E-state index in [0.29, 0.717) is 5.19 Å². The molecular formula is C16H20N2O2S. The second-order valence-electron chi connectivity index (χ2n) is 4.99. The molecule has 21 heavy (non-hydrogen) atoms. The quantitative estimate of drug-likeness (QED) is 0.873. The van der Waals surface area contributed by atoms with Crippen molar-refractivity contribution < 1.29 is 9.47 Å². The molecule has 0 radical (unpaired) electrons. The van der Waals surface area contributed by atoms with Gasteiger partial charge in [-0.05, 0) is 51.1 Å². The first-order valence-corrected chi connectivity index (χ1v) is 7.69. The topological polar surface area (TPSA) is 57.4 Å². The number of aromatic nitrogens is 1. The van der Waals surface area contributed by atoms with Crippen LogP contribution in [-0.2, 0) is 0 Å². The molecule has 0 saturated carbocycles. The van der Waals surface area contributed by atoms with E-state index in [1.807, 2.05) is 57.2 Å². The average Bonchev–Trinajstić information content (AvgIpc) is 2.86. The molecule has 2 N–H and O–H groups in total. The summed E-state index contributed by atoms with van der Waals surface area (Å²) in [6.07, 6.45) is 5.81. The molecule has 0 saturated heterocycles. The van der Waals surface area contributed by atoms with Crippen LogP contribution in [0.15, 0.2) is 36.5 Å². The van der Waals surface area contributed by atoms with Gasteiger partial charge in [0.2, 0.25) is 0 Å². The van der Waals surface area contributed by atoms with Crippen molar-refractivity contribution in [3.63, 3.8) is 0 Å². The summed E-state index contributed by atoms with van der Waals surface area (Å²) in [5.41, 5.74) is 5.67. The van der Waals surface area contributed by atoms with Crippen LogP contribution in [0.4, 0.5) is 0 Å². The van der Waals surface area contributed by atoms with E-state index in [9.17, 15) is 0 Å². The van der Waals surface area contributed by atoms with E-state index in [4.69, 9.17) is 15.2 Å². The Labute approximate surface area is 129 Å². The van der Waals surface area contributed by atoms with Crippen molar-refractivity contribution >= 4 is 17.4 Å². The minimum absolute atomic E-state index is 0.0324. The van der Waals surface area contributed by atoms with Crippen LogP contribution in [-0.4, -0.2) is 17.1 Å². The molecule has 0 bridgehead atoms. The summed E-state index contributed by atoms with van der Waals surface area (Å²) in [4.78, 5) is 5.25. The van der Waals surface area contributed by atoms with Gasteiger partial charge in [0, 0.05) is 12.2 Å². The molecule has 2 aromatic rings. The second kappa shape index (κ2) is 7.24. The Balaban J connectivity index is 1.98. The van der Waals surface area contributed by atoms with Gasteiger partial charge in [0.1, 0.15) is 11.5 Å². The number of hydrogen-bond donors (Lipinski definition) is 1. The Bertz CT molecular complexity index is 589. The average molecular weight is 304 g/mol. The van der Waals surface area contributed by atoms with Gasteiger partial charge < -0.3 is 15.2 Å². The van der Waals surface area contributed by atoms with Gasteiger partial charge >= 0.3 is 0 Å². The normalized spacial score (nSPS) is 12.8. The third-order valence-electron chi connectivity index (χ3n) is 2.47. The minimum atomic E-state index is 0.0324. The van der Waals surface area contributed by atoms with Crippen molar-refractivity contribution in [2.75, 3.05) is 0 Å². The van der Waals surface area contributed by atoms with Gasteiger partial charge in [-0.3, -0.25) is 0 Å². The molecule has 1 aromatic carbocycles. The van der Waals surface area contributed by atoms with E-state index < -0.39 is 0 Å². The van der Waals surface area contributed by atoms with Crippen molar-refractivity contribution in [2.24, 2.45) is 5.73 Å². The third kappa shape index (κ3) is 5.21. The Kier molecular flexibility index (Phi) is 5.36. The van der Waals surface area contributed by atoms with Crippen LogP contribution in [0.2, 0.25) is 0 Å². The van der Waals surface area contributed by atoms with Gasteiger partial charge in [0.15, 0.2) is 0 Å².